The van der Waals surface area contributed by atoms with Gasteiger partial charge in [-0.15, -0.1) is 0 Å². The zero-order valence-corrected chi connectivity index (χ0v) is 17.3. The van der Waals surface area contributed by atoms with E-state index in [1.165, 1.54) is 22.8 Å². The standard InChI is InChI=1S/C23H29N5O/c1-16-25-22(21-15-26(2)11-12-28(16)21)17-7-9-27(10-8-17)14-18-13-24-23(29)20-6-4-3-5-19(18)20/h3-6,13,17H,7-12,14-15H2,1-2H3,(H,24,29). The van der Waals surface area contributed by atoms with Crippen molar-refractivity contribution in [1.29, 1.82) is 0 Å². The Labute approximate surface area is 171 Å². The summed E-state index contributed by atoms with van der Waals surface area (Å²) in [6.07, 6.45) is 4.19. The molecule has 6 heteroatoms. The van der Waals surface area contributed by atoms with Crippen LogP contribution in [0.15, 0.2) is 35.3 Å². The van der Waals surface area contributed by atoms with Gasteiger partial charge < -0.3 is 9.55 Å². The highest BCUT2D eigenvalue weighted by Gasteiger charge is 2.29. The fourth-order valence-electron chi connectivity index (χ4n) is 5.03. The van der Waals surface area contributed by atoms with Gasteiger partial charge in [-0.05, 0) is 56.9 Å². The molecule has 5 rings (SSSR count). The first-order valence-corrected chi connectivity index (χ1v) is 10.7. The van der Waals surface area contributed by atoms with E-state index >= 15 is 0 Å². The number of pyridine rings is 1. The SMILES string of the molecule is Cc1nc(C2CCN(Cc3c[nH]c(=O)c4ccccc34)CC2)c2n1CCN(C)C2. The number of hydrogen-bond acceptors (Lipinski definition) is 4. The lowest BCUT2D eigenvalue weighted by Crippen LogP contribution is -2.34. The summed E-state index contributed by atoms with van der Waals surface area (Å²) in [6, 6.07) is 7.91. The van der Waals surface area contributed by atoms with E-state index in [1.54, 1.807) is 0 Å². The van der Waals surface area contributed by atoms with Gasteiger partial charge in [0.1, 0.15) is 5.82 Å². The monoisotopic (exact) mass is 391 g/mol. The van der Waals surface area contributed by atoms with Gasteiger partial charge in [0.2, 0.25) is 0 Å². The molecule has 2 aliphatic heterocycles. The molecule has 0 bridgehead atoms. The number of H-pyrrole nitrogens is 1. The van der Waals surface area contributed by atoms with Crippen molar-refractivity contribution < 1.29 is 0 Å². The van der Waals surface area contributed by atoms with Crippen molar-refractivity contribution >= 4 is 10.8 Å². The van der Waals surface area contributed by atoms with Crippen LogP contribution in [0.3, 0.4) is 0 Å². The number of likely N-dealkylation sites (N-methyl/N-ethyl adjacent to an activating group) is 1. The molecule has 6 nitrogen and oxygen atoms in total. The third kappa shape index (κ3) is 3.40. The first-order chi connectivity index (χ1) is 14.1. The van der Waals surface area contributed by atoms with E-state index in [2.05, 4.69) is 39.4 Å². The third-order valence-corrected chi connectivity index (χ3v) is 6.68. The summed E-state index contributed by atoms with van der Waals surface area (Å²) >= 11 is 0. The minimum atomic E-state index is -0.00653. The second-order valence-corrected chi connectivity index (χ2v) is 8.62. The molecule has 0 atom stereocenters. The molecule has 29 heavy (non-hydrogen) atoms. The Morgan fingerprint density at radius 1 is 1.10 bits per heavy atom. The van der Waals surface area contributed by atoms with Crippen LogP contribution in [0.1, 0.15) is 41.5 Å². The van der Waals surface area contributed by atoms with Gasteiger partial charge >= 0.3 is 0 Å². The van der Waals surface area contributed by atoms with Crippen molar-refractivity contribution in [2.45, 2.75) is 45.3 Å². The van der Waals surface area contributed by atoms with Crippen LogP contribution in [0, 0.1) is 6.92 Å². The minimum absolute atomic E-state index is 0.00653. The number of likely N-dealkylation sites (tertiary alicyclic amines) is 1. The van der Waals surface area contributed by atoms with Gasteiger partial charge in [-0.1, -0.05) is 18.2 Å². The average Bonchev–Trinajstić information content (AvgIpc) is 3.06. The van der Waals surface area contributed by atoms with Gasteiger partial charge in [-0.2, -0.15) is 0 Å². The Kier molecular flexibility index (Phi) is 4.76. The molecule has 2 aromatic heterocycles. The molecule has 152 valence electrons. The molecular weight excluding hydrogens is 362 g/mol. The Morgan fingerprint density at radius 2 is 1.86 bits per heavy atom. The van der Waals surface area contributed by atoms with Crippen LogP contribution < -0.4 is 5.56 Å². The van der Waals surface area contributed by atoms with Crippen molar-refractivity contribution in [1.82, 2.24) is 24.3 Å². The molecule has 2 aliphatic rings. The van der Waals surface area contributed by atoms with E-state index < -0.39 is 0 Å². The first kappa shape index (κ1) is 18.6. The number of fused-ring (bicyclic) bond motifs is 2. The van der Waals surface area contributed by atoms with Crippen molar-refractivity contribution in [3.05, 3.63) is 63.6 Å². The maximum Gasteiger partial charge on any atom is 0.255 e. The summed E-state index contributed by atoms with van der Waals surface area (Å²) < 4.78 is 2.42. The van der Waals surface area contributed by atoms with Crippen LogP contribution in [-0.2, 0) is 19.6 Å². The summed E-state index contributed by atoms with van der Waals surface area (Å²) in [7, 11) is 2.20. The van der Waals surface area contributed by atoms with Gasteiger partial charge in [0.05, 0.1) is 11.4 Å². The van der Waals surface area contributed by atoms with Gasteiger partial charge in [-0.3, -0.25) is 14.6 Å². The highest BCUT2D eigenvalue weighted by molar-refractivity contribution is 5.84. The smallest absolute Gasteiger partial charge is 0.255 e. The highest BCUT2D eigenvalue weighted by atomic mass is 16.1. The predicted molar refractivity (Wildman–Crippen MR) is 115 cm³/mol. The first-order valence-electron chi connectivity index (χ1n) is 10.7. The van der Waals surface area contributed by atoms with Crippen LogP contribution in [0.5, 0.6) is 0 Å². The van der Waals surface area contributed by atoms with E-state index in [0.29, 0.717) is 5.92 Å². The maximum atomic E-state index is 12.1. The number of rotatable bonds is 3. The lowest BCUT2D eigenvalue weighted by atomic mass is 9.91. The predicted octanol–water partition coefficient (Wildman–Crippen LogP) is 2.86. The minimum Gasteiger partial charge on any atom is -0.329 e. The van der Waals surface area contributed by atoms with Gasteiger partial charge in [0.15, 0.2) is 0 Å². The maximum absolute atomic E-state index is 12.1. The molecule has 0 spiro atoms. The molecule has 1 N–H and O–H groups in total. The number of aryl methyl sites for hydroxylation is 1. The Bertz CT molecular complexity index is 1090. The van der Waals surface area contributed by atoms with Crippen LogP contribution in [0.4, 0.5) is 0 Å². The quantitative estimate of drug-likeness (QED) is 0.746. The topological polar surface area (TPSA) is 57.2 Å². The van der Waals surface area contributed by atoms with Crippen LogP contribution in [0.2, 0.25) is 0 Å². The molecule has 0 amide bonds. The number of nitrogens with one attached hydrogen (secondary N) is 1. The molecule has 0 radical (unpaired) electrons. The van der Waals surface area contributed by atoms with Gasteiger partial charge in [0, 0.05) is 43.7 Å². The van der Waals surface area contributed by atoms with E-state index in [0.717, 1.165) is 62.9 Å². The summed E-state index contributed by atoms with van der Waals surface area (Å²) in [5, 5.41) is 1.85. The van der Waals surface area contributed by atoms with Gasteiger partial charge in [0.25, 0.3) is 5.56 Å². The number of piperidine rings is 1. The molecule has 4 heterocycles. The largest absolute Gasteiger partial charge is 0.329 e. The highest BCUT2D eigenvalue weighted by Crippen LogP contribution is 2.32. The lowest BCUT2D eigenvalue weighted by Gasteiger charge is -2.33. The van der Waals surface area contributed by atoms with E-state index in [-0.39, 0.29) is 5.56 Å². The van der Waals surface area contributed by atoms with Crippen molar-refractivity contribution in [3.63, 3.8) is 0 Å². The van der Waals surface area contributed by atoms with Crippen molar-refractivity contribution in [2.24, 2.45) is 0 Å². The fourth-order valence-corrected chi connectivity index (χ4v) is 5.03. The Morgan fingerprint density at radius 3 is 2.66 bits per heavy atom. The van der Waals surface area contributed by atoms with Crippen LogP contribution >= 0.6 is 0 Å². The molecule has 3 aromatic rings. The number of nitrogens with zero attached hydrogens (tertiary/aromatic N) is 4. The molecular formula is C23H29N5O. The normalized spacial score (nSPS) is 19.0. The molecule has 1 saturated heterocycles. The summed E-state index contributed by atoms with van der Waals surface area (Å²) in [5.41, 5.74) is 3.97. The van der Waals surface area contributed by atoms with E-state index in [1.807, 2.05) is 24.4 Å². The number of aromatic nitrogens is 3. The number of imidazole rings is 1. The number of aromatic amines is 1. The fraction of sp³-hybridized carbons (Fsp3) is 0.478. The Hall–Kier alpha value is -2.44. The molecule has 0 unspecified atom stereocenters. The zero-order valence-electron chi connectivity index (χ0n) is 17.3. The second kappa shape index (κ2) is 7.43. The van der Waals surface area contributed by atoms with Crippen LogP contribution in [0.25, 0.3) is 10.8 Å². The number of benzene rings is 1. The zero-order chi connectivity index (χ0) is 20.0. The van der Waals surface area contributed by atoms with Crippen molar-refractivity contribution in [3.8, 4) is 0 Å². The molecule has 0 aliphatic carbocycles. The molecule has 0 saturated carbocycles. The summed E-state index contributed by atoms with van der Waals surface area (Å²) in [4.78, 5) is 24.9. The Balaban J connectivity index is 1.31. The summed E-state index contributed by atoms with van der Waals surface area (Å²) in [6.45, 7) is 8.35. The lowest BCUT2D eigenvalue weighted by molar-refractivity contribution is 0.201. The van der Waals surface area contributed by atoms with Gasteiger partial charge in [-0.25, -0.2) is 4.98 Å². The average molecular weight is 392 g/mol. The third-order valence-electron chi connectivity index (χ3n) is 6.68. The van der Waals surface area contributed by atoms with E-state index in [4.69, 9.17) is 4.98 Å². The molecule has 1 aromatic carbocycles. The van der Waals surface area contributed by atoms with Crippen molar-refractivity contribution in [2.75, 3.05) is 26.7 Å². The number of hydrogen-bond donors (Lipinski definition) is 1. The summed E-state index contributed by atoms with van der Waals surface area (Å²) in [5.74, 6) is 1.73. The molecule has 1 fully saturated rings. The second-order valence-electron chi connectivity index (χ2n) is 8.62. The van der Waals surface area contributed by atoms with Crippen LogP contribution in [-0.4, -0.2) is 51.0 Å². The van der Waals surface area contributed by atoms with E-state index in [9.17, 15) is 4.79 Å².